The molecule has 29 heavy (non-hydrogen) atoms. The normalized spacial score (nSPS) is 20.8. The molecule has 4 rings (SSSR count). The highest BCUT2D eigenvalue weighted by Gasteiger charge is 2.35. The van der Waals surface area contributed by atoms with Gasteiger partial charge in [0.05, 0.1) is 31.2 Å². The summed E-state index contributed by atoms with van der Waals surface area (Å²) in [6, 6.07) is 13.5. The zero-order chi connectivity index (χ0) is 20.4. The van der Waals surface area contributed by atoms with Crippen molar-refractivity contribution in [3.8, 4) is 11.5 Å². The molecule has 7 heteroatoms. The predicted molar refractivity (Wildman–Crippen MR) is 113 cm³/mol. The molecular weight excluding hydrogens is 388 g/mol. The van der Waals surface area contributed by atoms with Crippen LogP contribution in [0, 0.1) is 0 Å². The van der Waals surface area contributed by atoms with E-state index in [0.717, 1.165) is 29.0 Å². The number of nitrogens with one attached hydrogen (secondary N) is 1. The third kappa shape index (κ3) is 3.92. The van der Waals surface area contributed by atoms with Gasteiger partial charge in [-0.3, -0.25) is 9.59 Å². The molecule has 0 spiro atoms. The quantitative estimate of drug-likeness (QED) is 0.807. The summed E-state index contributed by atoms with van der Waals surface area (Å²) in [5.41, 5.74) is 1.84. The number of likely N-dealkylation sites (tertiary alicyclic amines) is 1. The van der Waals surface area contributed by atoms with E-state index in [4.69, 9.17) is 9.47 Å². The molecule has 0 aromatic heterocycles. The summed E-state index contributed by atoms with van der Waals surface area (Å²) >= 11 is 1.46. The number of anilines is 1. The molecule has 0 saturated carbocycles. The van der Waals surface area contributed by atoms with Crippen LogP contribution in [0.15, 0.2) is 47.4 Å². The number of methoxy groups -OCH3 is 2. The highest BCUT2D eigenvalue weighted by molar-refractivity contribution is 8.01. The molecule has 2 aromatic rings. The number of rotatable bonds is 5. The van der Waals surface area contributed by atoms with Crippen molar-refractivity contribution in [2.24, 2.45) is 0 Å². The molecule has 1 N–H and O–H groups in total. The van der Waals surface area contributed by atoms with Crippen LogP contribution in [0.5, 0.6) is 11.5 Å². The van der Waals surface area contributed by atoms with Gasteiger partial charge in [0.15, 0.2) is 11.5 Å². The zero-order valence-corrected chi connectivity index (χ0v) is 17.3. The zero-order valence-electron chi connectivity index (χ0n) is 16.5. The molecule has 2 aliphatic heterocycles. The first-order chi connectivity index (χ1) is 14.1. The Hall–Kier alpha value is -2.67. The van der Waals surface area contributed by atoms with E-state index in [1.165, 1.54) is 11.8 Å². The van der Waals surface area contributed by atoms with Crippen LogP contribution < -0.4 is 14.8 Å². The lowest BCUT2D eigenvalue weighted by atomic mass is 10.0. The minimum Gasteiger partial charge on any atom is -0.493 e. The molecule has 2 amide bonds. The molecule has 152 valence electrons. The Labute approximate surface area is 174 Å². The van der Waals surface area contributed by atoms with Crippen LogP contribution in [-0.2, 0) is 9.59 Å². The van der Waals surface area contributed by atoms with Crippen LogP contribution in [0.4, 0.5) is 5.69 Å². The van der Waals surface area contributed by atoms with Crippen molar-refractivity contribution in [2.45, 2.75) is 35.4 Å². The van der Waals surface area contributed by atoms with Gasteiger partial charge in [0.2, 0.25) is 11.8 Å². The van der Waals surface area contributed by atoms with Crippen LogP contribution in [0.2, 0.25) is 0 Å². The second-order valence-electron chi connectivity index (χ2n) is 7.16. The number of fused-ring (bicyclic) bond motifs is 1. The Morgan fingerprint density at radius 2 is 1.97 bits per heavy atom. The summed E-state index contributed by atoms with van der Waals surface area (Å²) in [6.07, 6.45) is 2.03. The number of thioether (sulfide) groups is 1. The summed E-state index contributed by atoms with van der Waals surface area (Å²) in [7, 11) is 3.21. The first kappa shape index (κ1) is 19.6. The molecule has 2 heterocycles. The fourth-order valence-electron chi connectivity index (χ4n) is 3.97. The lowest BCUT2D eigenvalue weighted by Gasteiger charge is -2.29. The van der Waals surface area contributed by atoms with Crippen molar-refractivity contribution in [1.29, 1.82) is 0 Å². The molecule has 6 nitrogen and oxygen atoms in total. The second kappa shape index (κ2) is 8.37. The maximum atomic E-state index is 13.1. The van der Waals surface area contributed by atoms with Gasteiger partial charge in [-0.2, -0.15) is 0 Å². The number of carbonyl (C=O) groups is 2. The summed E-state index contributed by atoms with van der Waals surface area (Å²) in [5, 5.41) is 2.50. The molecule has 0 radical (unpaired) electrons. The molecule has 0 bridgehead atoms. The Morgan fingerprint density at radius 1 is 1.17 bits per heavy atom. The van der Waals surface area contributed by atoms with Gasteiger partial charge in [-0.15, -0.1) is 11.8 Å². The number of para-hydroxylation sites is 1. The minimum atomic E-state index is -0.413. The summed E-state index contributed by atoms with van der Waals surface area (Å²) in [5.74, 6) is 1.22. The van der Waals surface area contributed by atoms with Gasteiger partial charge >= 0.3 is 0 Å². The topological polar surface area (TPSA) is 67.9 Å². The van der Waals surface area contributed by atoms with Gasteiger partial charge in [0.25, 0.3) is 0 Å². The Morgan fingerprint density at radius 3 is 2.76 bits per heavy atom. The number of ether oxygens (including phenoxy) is 2. The van der Waals surface area contributed by atoms with Crippen LogP contribution in [0.25, 0.3) is 0 Å². The van der Waals surface area contributed by atoms with Crippen LogP contribution >= 0.6 is 11.8 Å². The van der Waals surface area contributed by atoms with Crippen molar-refractivity contribution in [3.63, 3.8) is 0 Å². The van der Waals surface area contributed by atoms with E-state index in [-0.39, 0.29) is 24.3 Å². The highest BCUT2D eigenvalue weighted by atomic mass is 32.2. The molecule has 0 aliphatic carbocycles. The predicted octanol–water partition coefficient (Wildman–Crippen LogP) is 3.87. The average molecular weight is 413 g/mol. The van der Waals surface area contributed by atoms with E-state index in [9.17, 15) is 9.59 Å². The second-order valence-corrected chi connectivity index (χ2v) is 8.40. The van der Waals surface area contributed by atoms with Gasteiger partial charge in [-0.25, -0.2) is 0 Å². The largest absolute Gasteiger partial charge is 0.493 e. The highest BCUT2D eigenvalue weighted by Crippen LogP contribution is 2.40. The third-order valence-corrected chi connectivity index (χ3v) is 6.71. The van der Waals surface area contributed by atoms with Crippen LogP contribution in [0.1, 0.15) is 30.9 Å². The van der Waals surface area contributed by atoms with Gasteiger partial charge in [-0.05, 0) is 42.7 Å². The lowest BCUT2D eigenvalue weighted by molar-refractivity contribution is -0.133. The molecule has 2 atom stereocenters. The third-order valence-electron chi connectivity index (χ3n) is 5.43. The fourth-order valence-corrected chi connectivity index (χ4v) is 5.08. The molecule has 1 saturated heterocycles. The number of hydrogen-bond donors (Lipinski definition) is 1. The van der Waals surface area contributed by atoms with Gasteiger partial charge in [0, 0.05) is 17.9 Å². The lowest BCUT2D eigenvalue weighted by Crippen LogP contribution is -2.37. The molecular formula is C22H24N2O4S. The monoisotopic (exact) mass is 412 g/mol. The Bertz CT molecular complexity index is 933. The van der Waals surface area contributed by atoms with Crippen molar-refractivity contribution >= 4 is 29.3 Å². The molecule has 2 aliphatic rings. The van der Waals surface area contributed by atoms with E-state index in [1.807, 2.05) is 47.4 Å². The van der Waals surface area contributed by atoms with Gasteiger partial charge < -0.3 is 19.7 Å². The number of hydrogen-bond acceptors (Lipinski definition) is 5. The summed E-state index contributed by atoms with van der Waals surface area (Å²) in [6.45, 7) is 0.702. The van der Waals surface area contributed by atoms with Gasteiger partial charge in [-0.1, -0.05) is 18.2 Å². The van der Waals surface area contributed by atoms with E-state index in [1.54, 1.807) is 14.2 Å². The van der Waals surface area contributed by atoms with E-state index in [0.29, 0.717) is 18.0 Å². The van der Waals surface area contributed by atoms with Crippen LogP contribution in [0.3, 0.4) is 0 Å². The summed E-state index contributed by atoms with van der Waals surface area (Å²) in [4.78, 5) is 28.5. The minimum absolute atomic E-state index is 0.00811. The SMILES string of the molecule is COc1ccc(C2CCCN2C(=O)CC2Sc3ccccc3NC2=O)cc1OC. The van der Waals surface area contributed by atoms with Crippen molar-refractivity contribution in [3.05, 3.63) is 48.0 Å². The van der Waals surface area contributed by atoms with Crippen molar-refractivity contribution < 1.29 is 19.1 Å². The first-order valence-corrected chi connectivity index (χ1v) is 10.6. The maximum Gasteiger partial charge on any atom is 0.238 e. The molecule has 1 fully saturated rings. The Kier molecular flexibility index (Phi) is 5.67. The number of carbonyl (C=O) groups excluding carboxylic acids is 2. The maximum absolute atomic E-state index is 13.1. The Balaban J connectivity index is 1.49. The standard InChI is InChI=1S/C22H24N2O4S/c1-27-17-10-9-14(12-18(17)28-2)16-7-5-11-24(16)21(25)13-20-22(26)23-15-6-3-4-8-19(15)29-20/h3-4,6,8-10,12,16,20H,5,7,11,13H2,1-2H3,(H,23,26). The van der Waals surface area contributed by atoms with Crippen LogP contribution in [-0.4, -0.2) is 42.7 Å². The fraction of sp³-hybridized carbons (Fsp3) is 0.364. The smallest absolute Gasteiger partial charge is 0.238 e. The molecule has 2 aromatic carbocycles. The number of benzene rings is 2. The molecule has 2 unspecified atom stereocenters. The van der Waals surface area contributed by atoms with Crippen molar-refractivity contribution in [1.82, 2.24) is 4.90 Å². The van der Waals surface area contributed by atoms with Crippen molar-refractivity contribution in [2.75, 3.05) is 26.1 Å². The van der Waals surface area contributed by atoms with E-state index in [2.05, 4.69) is 5.32 Å². The first-order valence-electron chi connectivity index (χ1n) is 9.68. The van der Waals surface area contributed by atoms with E-state index >= 15 is 0 Å². The van der Waals surface area contributed by atoms with Gasteiger partial charge in [0.1, 0.15) is 0 Å². The van der Waals surface area contributed by atoms with E-state index < -0.39 is 5.25 Å². The number of amides is 2. The average Bonchev–Trinajstić information content (AvgIpc) is 3.23. The number of nitrogens with zero attached hydrogens (tertiary/aromatic N) is 1. The summed E-state index contributed by atoms with van der Waals surface area (Å²) < 4.78 is 10.7.